The molecule has 2 rings (SSSR count). The molecule has 102 valence electrons. The van der Waals surface area contributed by atoms with Crippen molar-refractivity contribution in [2.75, 3.05) is 11.9 Å². The zero-order valence-electron chi connectivity index (χ0n) is 12.0. The number of nitrogens with zero attached hydrogens (tertiary/aromatic N) is 2. The number of aromatic nitrogens is 2. The first-order valence-corrected chi connectivity index (χ1v) is 6.60. The summed E-state index contributed by atoms with van der Waals surface area (Å²) < 4.78 is 3.58. The maximum absolute atomic E-state index is 12.5. The maximum Gasteiger partial charge on any atom is 0.295 e. The zero-order valence-corrected chi connectivity index (χ0v) is 12.0. The van der Waals surface area contributed by atoms with Gasteiger partial charge in [-0.3, -0.25) is 9.48 Å². The summed E-state index contributed by atoms with van der Waals surface area (Å²) in [6, 6.07) is 9.69. The SMILES string of the molecule is Cc1c(NCC(C)C)c(=O)n(-c2ccccc2)n1C. The lowest BCUT2D eigenvalue weighted by Gasteiger charge is -2.07. The number of hydrogen-bond donors (Lipinski definition) is 1. The Morgan fingerprint density at radius 2 is 1.84 bits per heavy atom. The predicted molar refractivity (Wildman–Crippen MR) is 79.1 cm³/mol. The van der Waals surface area contributed by atoms with Gasteiger partial charge in [0, 0.05) is 13.6 Å². The first-order valence-electron chi connectivity index (χ1n) is 6.60. The van der Waals surface area contributed by atoms with Crippen molar-refractivity contribution in [3.63, 3.8) is 0 Å². The van der Waals surface area contributed by atoms with Crippen molar-refractivity contribution in [3.05, 3.63) is 46.4 Å². The molecule has 0 aliphatic carbocycles. The Balaban J connectivity index is 2.47. The standard InChI is InChI=1S/C15H21N3O/c1-11(2)10-16-14-12(3)17(4)18(15(14)19)13-8-6-5-7-9-13/h5-9,11,16H,10H2,1-4H3. The molecule has 0 radical (unpaired) electrons. The molecule has 0 atom stereocenters. The van der Waals surface area contributed by atoms with Crippen LogP contribution in [0.25, 0.3) is 5.69 Å². The molecule has 0 unspecified atom stereocenters. The van der Waals surface area contributed by atoms with Crippen molar-refractivity contribution in [1.82, 2.24) is 9.36 Å². The lowest BCUT2D eigenvalue weighted by atomic mass is 10.2. The lowest BCUT2D eigenvalue weighted by molar-refractivity contribution is 0.630. The summed E-state index contributed by atoms with van der Waals surface area (Å²) in [6.45, 7) is 7.01. The molecule has 0 saturated carbocycles. The average molecular weight is 259 g/mol. The fraction of sp³-hybridized carbons (Fsp3) is 0.400. The molecule has 2 aromatic rings. The van der Waals surface area contributed by atoms with E-state index in [1.807, 2.05) is 49.0 Å². The fourth-order valence-electron chi connectivity index (χ4n) is 2.08. The molecule has 1 aromatic heterocycles. The number of nitrogens with one attached hydrogen (secondary N) is 1. The van der Waals surface area contributed by atoms with Crippen LogP contribution in [-0.4, -0.2) is 15.9 Å². The second kappa shape index (κ2) is 5.34. The fourth-order valence-corrected chi connectivity index (χ4v) is 2.08. The van der Waals surface area contributed by atoms with Gasteiger partial charge in [-0.15, -0.1) is 0 Å². The minimum absolute atomic E-state index is 0.00634. The highest BCUT2D eigenvalue weighted by molar-refractivity contribution is 5.49. The molecular weight excluding hydrogens is 238 g/mol. The van der Waals surface area contributed by atoms with Crippen LogP contribution in [0.1, 0.15) is 19.5 Å². The van der Waals surface area contributed by atoms with Gasteiger partial charge in [0.1, 0.15) is 5.69 Å². The van der Waals surface area contributed by atoms with Gasteiger partial charge in [0.2, 0.25) is 0 Å². The highest BCUT2D eigenvalue weighted by Gasteiger charge is 2.15. The van der Waals surface area contributed by atoms with Crippen molar-refractivity contribution < 1.29 is 0 Å². The van der Waals surface area contributed by atoms with Gasteiger partial charge in [-0.2, -0.15) is 0 Å². The van der Waals surface area contributed by atoms with Crippen LogP contribution in [0.2, 0.25) is 0 Å². The summed E-state index contributed by atoms with van der Waals surface area (Å²) in [5.41, 5.74) is 2.54. The van der Waals surface area contributed by atoms with Crippen molar-refractivity contribution in [3.8, 4) is 5.69 Å². The van der Waals surface area contributed by atoms with E-state index in [0.29, 0.717) is 11.6 Å². The van der Waals surface area contributed by atoms with E-state index in [1.54, 1.807) is 4.68 Å². The van der Waals surface area contributed by atoms with E-state index >= 15 is 0 Å². The van der Waals surface area contributed by atoms with E-state index in [2.05, 4.69) is 19.2 Å². The van der Waals surface area contributed by atoms with Crippen molar-refractivity contribution in [2.45, 2.75) is 20.8 Å². The first-order chi connectivity index (χ1) is 9.02. The minimum atomic E-state index is 0.00634. The molecule has 0 fully saturated rings. The van der Waals surface area contributed by atoms with Crippen LogP contribution in [0.4, 0.5) is 5.69 Å². The van der Waals surface area contributed by atoms with Gasteiger partial charge in [-0.25, -0.2) is 4.68 Å². The van der Waals surface area contributed by atoms with Crippen LogP contribution in [0.3, 0.4) is 0 Å². The van der Waals surface area contributed by atoms with Gasteiger partial charge in [-0.05, 0) is 25.0 Å². The van der Waals surface area contributed by atoms with Crippen molar-refractivity contribution in [1.29, 1.82) is 0 Å². The number of rotatable bonds is 4. The Morgan fingerprint density at radius 3 is 2.42 bits per heavy atom. The molecule has 0 spiro atoms. The Hall–Kier alpha value is -1.97. The van der Waals surface area contributed by atoms with Crippen molar-refractivity contribution in [2.24, 2.45) is 13.0 Å². The minimum Gasteiger partial charge on any atom is -0.379 e. The second-order valence-corrected chi connectivity index (χ2v) is 5.21. The number of para-hydroxylation sites is 1. The molecule has 1 aromatic carbocycles. The second-order valence-electron chi connectivity index (χ2n) is 5.21. The largest absolute Gasteiger partial charge is 0.379 e. The van der Waals surface area contributed by atoms with Gasteiger partial charge in [0.15, 0.2) is 0 Å². The van der Waals surface area contributed by atoms with E-state index in [0.717, 1.165) is 17.9 Å². The van der Waals surface area contributed by atoms with Gasteiger partial charge in [-0.1, -0.05) is 32.0 Å². The summed E-state index contributed by atoms with van der Waals surface area (Å²) in [7, 11) is 1.91. The highest BCUT2D eigenvalue weighted by atomic mass is 16.1. The summed E-state index contributed by atoms with van der Waals surface area (Å²) >= 11 is 0. The molecule has 0 aliphatic rings. The summed E-state index contributed by atoms with van der Waals surface area (Å²) in [4.78, 5) is 12.5. The third kappa shape index (κ3) is 2.57. The summed E-state index contributed by atoms with van der Waals surface area (Å²) in [5, 5.41) is 3.26. The van der Waals surface area contributed by atoms with E-state index in [1.165, 1.54) is 0 Å². The van der Waals surface area contributed by atoms with Crippen LogP contribution in [0.15, 0.2) is 35.1 Å². The Bertz CT molecular complexity index is 608. The smallest absolute Gasteiger partial charge is 0.295 e. The average Bonchev–Trinajstić information content (AvgIpc) is 2.59. The molecule has 0 amide bonds. The Morgan fingerprint density at radius 1 is 1.21 bits per heavy atom. The van der Waals surface area contributed by atoms with Crippen molar-refractivity contribution >= 4 is 5.69 Å². The van der Waals surface area contributed by atoms with Crippen LogP contribution < -0.4 is 10.9 Å². The zero-order chi connectivity index (χ0) is 14.0. The van der Waals surface area contributed by atoms with E-state index in [4.69, 9.17) is 0 Å². The molecule has 1 heterocycles. The van der Waals surface area contributed by atoms with Crippen LogP contribution >= 0.6 is 0 Å². The van der Waals surface area contributed by atoms with Gasteiger partial charge in [0.05, 0.1) is 11.4 Å². The first kappa shape index (κ1) is 13.5. The topological polar surface area (TPSA) is 39.0 Å². The van der Waals surface area contributed by atoms with Gasteiger partial charge < -0.3 is 5.32 Å². The quantitative estimate of drug-likeness (QED) is 0.916. The summed E-state index contributed by atoms with van der Waals surface area (Å²) in [6.07, 6.45) is 0. The third-order valence-electron chi connectivity index (χ3n) is 3.24. The van der Waals surface area contributed by atoms with Crippen LogP contribution in [0.5, 0.6) is 0 Å². The number of anilines is 1. The number of benzene rings is 1. The Labute approximate surface area is 113 Å². The molecule has 4 nitrogen and oxygen atoms in total. The van der Waals surface area contributed by atoms with E-state index in [9.17, 15) is 4.79 Å². The van der Waals surface area contributed by atoms with Crippen LogP contribution in [0, 0.1) is 12.8 Å². The normalized spacial score (nSPS) is 11.0. The molecular formula is C15H21N3O. The highest BCUT2D eigenvalue weighted by Crippen LogP contribution is 2.14. The third-order valence-corrected chi connectivity index (χ3v) is 3.24. The molecule has 19 heavy (non-hydrogen) atoms. The molecule has 4 heteroatoms. The number of hydrogen-bond acceptors (Lipinski definition) is 2. The monoisotopic (exact) mass is 259 g/mol. The molecule has 1 N–H and O–H groups in total. The Kier molecular flexibility index (Phi) is 3.79. The van der Waals surface area contributed by atoms with E-state index in [-0.39, 0.29) is 5.56 Å². The predicted octanol–water partition coefficient (Wildman–Crippen LogP) is 2.55. The van der Waals surface area contributed by atoms with E-state index < -0.39 is 0 Å². The molecule has 0 aliphatic heterocycles. The van der Waals surface area contributed by atoms with Gasteiger partial charge in [0.25, 0.3) is 5.56 Å². The lowest BCUT2D eigenvalue weighted by Crippen LogP contribution is -2.21. The molecule has 0 bridgehead atoms. The van der Waals surface area contributed by atoms with Gasteiger partial charge >= 0.3 is 0 Å². The molecule has 0 saturated heterocycles. The summed E-state index contributed by atoms with van der Waals surface area (Å²) in [5.74, 6) is 0.504. The maximum atomic E-state index is 12.5. The van der Waals surface area contributed by atoms with Crippen LogP contribution in [-0.2, 0) is 7.05 Å².